The van der Waals surface area contributed by atoms with E-state index >= 15 is 0 Å². The Kier molecular flexibility index (Phi) is 8.24. The fraction of sp³-hybridized carbons (Fsp3) is 0.0294. The number of anilines is 3. The molecule has 1 aromatic heterocycles. The molecule has 326 valence electrons. The summed E-state index contributed by atoms with van der Waals surface area (Å²) in [6.07, 6.45) is 0. The van der Waals surface area contributed by atoms with Crippen LogP contribution in [0.4, 0.5) is 17.1 Å². The van der Waals surface area contributed by atoms with Crippen molar-refractivity contribution in [3.63, 3.8) is 0 Å². The van der Waals surface area contributed by atoms with Crippen molar-refractivity contribution >= 4 is 39.0 Å². The number of hydrogen-bond donors (Lipinski definition) is 0. The van der Waals surface area contributed by atoms with Crippen LogP contribution in [0.5, 0.6) is 0 Å². The molecule has 0 saturated heterocycles. The van der Waals surface area contributed by atoms with E-state index in [4.69, 9.17) is 4.42 Å². The van der Waals surface area contributed by atoms with Gasteiger partial charge < -0.3 is 9.32 Å². The molecule has 0 fully saturated rings. The van der Waals surface area contributed by atoms with Gasteiger partial charge in [-0.25, -0.2) is 0 Å². The van der Waals surface area contributed by atoms with E-state index in [0.717, 1.165) is 50.1 Å². The van der Waals surface area contributed by atoms with Crippen LogP contribution in [0.3, 0.4) is 0 Å². The SMILES string of the molecule is c1ccc(-c2ccc(N(c3ccc(-c4cccc5c4oc4ccccc45)cc3)c3cccc4c3-c3ccccc3C35c6ccccc6-c6ccccc6C43c3ccccc3-c3ccccc35)cc2)cc1. The van der Waals surface area contributed by atoms with Gasteiger partial charge in [0.05, 0.1) is 16.5 Å². The van der Waals surface area contributed by atoms with Crippen molar-refractivity contribution in [2.24, 2.45) is 0 Å². The molecule has 15 rings (SSSR count). The first-order chi connectivity index (χ1) is 34.7. The van der Waals surface area contributed by atoms with Crippen molar-refractivity contribution in [1.29, 1.82) is 0 Å². The minimum Gasteiger partial charge on any atom is -0.455 e. The maximum atomic E-state index is 6.57. The van der Waals surface area contributed by atoms with Crippen molar-refractivity contribution in [3.05, 3.63) is 294 Å². The normalized spacial score (nSPS) is 16.7. The largest absolute Gasteiger partial charge is 0.455 e. The number of nitrogens with zero attached hydrogens (tertiary/aromatic N) is 1. The van der Waals surface area contributed by atoms with E-state index in [1.165, 1.54) is 77.9 Å². The second-order valence-electron chi connectivity index (χ2n) is 19.0. The predicted molar refractivity (Wildman–Crippen MR) is 288 cm³/mol. The van der Waals surface area contributed by atoms with Crippen LogP contribution < -0.4 is 4.90 Å². The Balaban J connectivity index is 1.03. The van der Waals surface area contributed by atoms with Gasteiger partial charge in [-0.05, 0) is 114 Å². The third-order valence-electron chi connectivity index (χ3n) is 15.8. The van der Waals surface area contributed by atoms with Crippen LogP contribution >= 0.6 is 0 Å². The summed E-state index contributed by atoms with van der Waals surface area (Å²) in [6.45, 7) is 0. The number of benzene rings is 11. The summed E-state index contributed by atoms with van der Waals surface area (Å²) in [5, 5.41) is 2.26. The first-order valence-electron chi connectivity index (χ1n) is 24.3. The Hall–Kier alpha value is -8.98. The molecule has 11 aromatic carbocycles. The molecule has 1 heterocycles. The molecular formula is C68H43NO. The van der Waals surface area contributed by atoms with E-state index in [0.29, 0.717) is 0 Å². The van der Waals surface area contributed by atoms with Crippen LogP contribution in [-0.4, -0.2) is 0 Å². The van der Waals surface area contributed by atoms with Crippen LogP contribution in [0.25, 0.3) is 77.6 Å². The average molecular weight is 890 g/mol. The Morgan fingerprint density at radius 2 is 0.671 bits per heavy atom. The Bertz CT molecular complexity index is 3970. The molecule has 0 aliphatic heterocycles. The van der Waals surface area contributed by atoms with Gasteiger partial charge in [0.15, 0.2) is 0 Å². The van der Waals surface area contributed by atoms with Crippen molar-refractivity contribution in [2.45, 2.75) is 10.8 Å². The van der Waals surface area contributed by atoms with E-state index in [1.54, 1.807) is 0 Å². The predicted octanol–water partition coefficient (Wildman–Crippen LogP) is 17.7. The molecule has 0 unspecified atom stereocenters. The number of rotatable bonds is 5. The van der Waals surface area contributed by atoms with Gasteiger partial charge in [0.25, 0.3) is 0 Å². The van der Waals surface area contributed by atoms with E-state index in [9.17, 15) is 0 Å². The van der Waals surface area contributed by atoms with Crippen LogP contribution in [-0.2, 0) is 10.8 Å². The van der Waals surface area contributed by atoms with Gasteiger partial charge in [0.1, 0.15) is 11.2 Å². The first kappa shape index (κ1) is 39.1. The molecule has 0 spiro atoms. The number of fused-ring (bicyclic) bond motifs is 12. The highest BCUT2D eigenvalue weighted by atomic mass is 16.3. The fourth-order valence-electron chi connectivity index (χ4n) is 13.2. The Morgan fingerprint density at radius 3 is 1.26 bits per heavy atom. The zero-order valence-electron chi connectivity index (χ0n) is 38.2. The van der Waals surface area contributed by atoms with Crippen molar-refractivity contribution in [3.8, 4) is 55.6 Å². The van der Waals surface area contributed by atoms with E-state index < -0.39 is 10.8 Å². The molecule has 70 heavy (non-hydrogen) atoms. The summed E-state index contributed by atoms with van der Waals surface area (Å²) in [4.78, 5) is 2.49. The maximum Gasteiger partial charge on any atom is 0.143 e. The topological polar surface area (TPSA) is 16.4 Å². The molecule has 0 amide bonds. The number of hydrogen-bond acceptors (Lipinski definition) is 2. The number of para-hydroxylation sites is 2. The molecule has 0 N–H and O–H groups in total. The standard InChI is InChI=1S/C68H43NO/c1-2-18-44(19-3-1)45-36-40-47(41-37-45)69(48-42-38-46(39-43-48)49-26-16-27-55-54-24-9-15-35-64(54)70-66(49)55)63-34-17-33-62-65(63)56-25-8-14-32-61(56)67-57-28-10-4-20-50(57)52-22-6-12-30-59(52)68(62,67)60-31-13-7-23-53(60)51-21-5-11-29-58(51)67/h1-43H. The van der Waals surface area contributed by atoms with E-state index in [1.807, 2.05) is 6.07 Å². The molecule has 3 aliphatic carbocycles. The van der Waals surface area contributed by atoms with Crippen LogP contribution in [0.15, 0.2) is 265 Å². The monoisotopic (exact) mass is 889 g/mol. The molecule has 2 nitrogen and oxygen atoms in total. The number of furan rings is 1. The molecule has 12 aromatic rings. The van der Waals surface area contributed by atoms with Gasteiger partial charge in [-0.3, -0.25) is 0 Å². The Labute approximate surface area is 407 Å². The third-order valence-corrected chi connectivity index (χ3v) is 15.8. The van der Waals surface area contributed by atoms with Crippen molar-refractivity contribution < 1.29 is 4.42 Å². The van der Waals surface area contributed by atoms with Gasteiger partial charge in [-0.15, -0.1) is 0 Å². The van der Waals surface area contributed by atoms with Gasteiger partial charge in [-0.1, -0.05) is 224 Å². The van der Waals surface area contributed by atoms with Crippen LogP contribution in [0.2, 0.25) is 0 Å². The highest BCUT2D eigenvalue weighted by Gasteiger charge is 2.67. The lowest BCUT2D eigenvalue weighted by Crippen LogP contribution is -2.58. The Morgan fingerprint density at radius 1 is 0.271 bits per heavy atom. The van der Waals surface area contributed by atoms with Crippen LogP contribution in [0, 0.1) is 0 Å². The van der Waals surface area contributed by atoms with Crippen LogP contribution in [0.1, 0.15) is 33.4 Å². The first-order valence-corrected chi connectivity index (χ1v) is 24.3. The maximum absolute atomic E-state index is 6.57. The van der Waals surface area contributed by atoms with Gasteiger partial charge in [-0.2, -0.15) is 0 Å². The van der Waals surface area contributed by atoms with Crippen molar-refractivity contribution in [2.75, 3.05) is 4.90 Å². The highest BCUT2D eigenvalue weighted by Crippen LogP contribution is 2.73. The average Bonchev–Trinajstić information content (AvgIpc) is 3.84. The van der Waals surface area contributed by atoms with E-state index in [-0.39, 0.29) is 0 Å². The summed E-state index contributed by atoms with van der Waals surface area (Å²) < 4.78 is 6.57. The summed E-state index contributed by atoms with van der Waals surface area (Å²) in [5.74, 6) is 0. The summed E-state index contributed by atoms with van der Waals surface area (Å²) in [7, 11) is 0. The zero-order valence-corrected chi connectivity index (χ0v) is 38.2. The van der Waals surface area contributed by atoms with Gasteiger partial charge in [0, 0.05) is 33.3 Å². The molecule has 0 atom stereocenters. The lowest BCUT2D eigenvalue weighted by atomic mass is 9.38. The third kappa shape index (κ3) is 5.07. The second kappa shape index (κ2) is 14.8. The smallest absolute Gasteiger partial charge is 0.143 e. The summed E-state index contributed by atoms with van der Waals surface area (Å²) in [5.41, 5.74) is 23.9. The van der Waals surface area contributed by atoms with Gasteiger partial charge in [0.2, 0.25) is 0 Å². The van der Waals surface area contributed by atoms with Gasteiger partial charge >= 0.3 is 0 Å². The second-order valence-corrected chi connectivity index (χ2v) is 19.0. The minimum atomic E-state index is -0.666. The summed E-state index contributed by atoms with van der Waals surface area (Å²) in [6, 6.07) is 97.1. The highest BCUT2D eigenvalue weighted by molar-refractivity contribution is 6.10. The molecular weight excluding hydrogens is 847 g/mol. The minimum absolute atomic E-state index is 0.618. The molecule has 0 saturated carbocycles. The lowest BCUT2D eigenvalue weighted by molar-refractivity contribution is 0.405. The molecule has 0 bridgehead atoms. The van der Waals surface area contributed by atoms with E-state index in [2.05, 4.69) is 260 Å². The molecule has 0 radical (unpaired) electrons. The fourth-order valence-corrected chi connectivity index (χ4v) is 13.2. The molecule has 2 heteroatoms. The molecule has 3 aliphatic rings. The quantitative estimate of drug-likeness (QED) is 0.171. The summed E-state index contributed by atoms with van der Waals surface area (Å²) >= 11 is 0. The zero-order chi connectivity index (χ0) is 46.0. The van der Waals surface area contributed by atoms with Crippen molar-refractivity contribution in [1.82, 2.24) is 0 Å². The lowest BCUT2D eigenvalue weighted by Gasteiger charge is -2.62.